The maximum atomic E-state index is 12.7. The van der Waals surface area contributed by atoms with E-state index in [1.54, 1.807) is 24.3 Å². The minimum Gasteiger partial charge on any atom is -0.392 e. The first-order valence-electron chi connectivity index (χ1n) is 5.46. The minimum absolute atomic E-state index is 0.0557. The molecule has 2 rings (SSSR count). The first-order chi connectivity index (χ1) is 8.69. The van der Waals surface area contributed by atoms with Crippen LogP contribution in [0.15, 0.2) is 48.5 Å². The lowest BCUT2D eigenvalue weighted by atomic mass is 10.1. The Morgan fingerprint density at radius 2 is 1.67 bits per heavy atom. The predicted molar refractivity (Wildman–Crippen MR) is 66.7 cm³/mol. The van der Waals surface area contributed by atoms with Crippen molar-refractivity contribution in [3.63, 3.8) is 0 Å². The van der Waals surface area contributed by atoms with E-state index in [0.29, 0.717) is 11.3 Å². The second-order valence-corrected chi connectivity index (χ2v) is 3.82. The fourth-order valence-electron chi connectivity index (χ4n) is 1.50. The number of anilines is 1. The largest absolute Gasteiger partial charge is 0.392 e. The molecule has 0 heterocycles. The zero-order chi connectivity index (χ0) is 13.0. The zero-order valence-electron chi connectivity index (χ0n) is 9.56. The van der Waals surface area contributed by atoms with Crippen LogP contribution < -0.4 is 5.32 Å². The van der Waals surface area contributed by atoms with Crippen molar-refractivity contribution in [1.82, 2.24) is 0 Å². The molecule has 0 aromatic heterocycles. The minimum atomic E-state index is -0.347. The summed E-state index contributed by atoms with van der Waals surface area (Å²) in [6, 6.07) is 12.2. The van der Waals surface area contributed by atoms with Crippen LogP contribution >= 0.6 is 0 Å². The number of amides is 1. The van der Waals surface area contributed by atoms with E-state index in [1.165, 1.54) is 24.3 Å². The van der Waals surface area contributed by atoms with E-state index in [1.807, 2.05) is 0 Å². The molecule has 2 aromatic rings. The molecule has 0 spiro atoms. The van der Waals surface area contributed by atoms with Crippen LogP contribution in [0.5, 0.6) is 0 Å². The molecule has 0 aliphatic rings. The van der Waals surface area contributed by atoms with E-state index in [0.717, 1.165) is 5.56 Å². The summed E-state index contributed by atoms with van der Waals surface area (Å²) in [4.78, 5) is 11.8. The van der Waals surface area contributed by atoms with E-state index >= 15 is 0 Å². The van der Waals surface area contributed by atoms with Gasteiger partial charge in [-0.15, -0.1) is 0 Å². The van der Waals surface area contributed by atoms with E-state index in [9.17, 15) is 9.18 Å². The number of halogens is 1. The molecule has 0 unspecified atom stereocenters. The fraction of sp³-hybridized carbons (Fsp3) is 0.0714. The summed E-state index contributed by atoms with van der Waals surface area (Å²) in [5.74, 6) is -0.619. The van der Waals surface area contributed by atoms with Crippen LogP contribution in [0, 0.1) is 5.82 Å². The molecular weight excluding hydrogens is 233 g/mol. The maximum Gasteiger partial charge on any atom is 0.255 e. The van der Waals surface area contributed by atoms with Crippen LogP contribution in [0.3, 0.4) is 0 Å². The molecule has 18 heavy (non-hydrogen) atoms. The van der Waals surface area contributed by atoms with Crippen LogP contribution in [0.25, 0.3) is 0 Å². The number of hydrogen-bond donors (Lipinski definition) is 2. The Bertz CT molecular complexity index is 535. The van der Waals surface area contributed by atoms with Gasteiger partial charge in [0.05, 0.1) is 6.61 Å². The molecule has 0 bridgehead atoms. The lowest BCUT2D eigenvalue weighted by Crippen LogP contribution is -2.11. The quantitative estimate of drug-likeness (QED) is 0.873. The highest BCUT2D eigenvalue weighted by molar-refractivity contribution is 6.04. The van der Waals surface area contributed by atoms with Gasteiger partial charge in [0.2, 0.25) is 0 Å². The van der Waals surface area contributed by atoms with Gasteiger partial charge in [-0.1, -0.05) is 12.1 Å². The molecule has 2 aromatic carbocycles. The highest BCUT2D eigenvalue weighted by atomic mass is 19.1. The number of hydrogen-bond acceptors (Lipinski definition) is 2. The lowest BCUT2D eigenvalue weighted by molar-refractivity contribution is 0.102. The zero-order valence-corrected chi connectivity index (χ0v) is 9.56. The molecule has 0 atom stereocenters. The van der Waals surface area contributed by atoms with E-state index in [2.05, 4.69) is 5.32 Å². The molecule has 0 aliphatic carbocycles. The molecular formula is C14H12FNO2. The average molecular weight is 245 g/mol. The Labute approximate surface area is 104 Å². The molecule has 0 saturated heterocycles. The molecule has 0 saturated carbocycles. The summed E-state index contributed by atoms with van der Waals surface area (Å²) in [6.45, 7) is -0.0557. The first-order valence-corrected chi connectivity index (χ1v) is 5.46. The summed E-state index contributed by atoms with van der Waals surface area (Å²) in [6.07, 6.45) is 0. The Hall–Kier alpha value is -2.20. The second-order valence-electron chi connectivity index (χ2n) is 3.82. The van der Waals surface area contributed by atoms with Gasteiger partial charge < -0.3 is 10.4 Å². The van der Waals surface area contributed by atoms with E-state index in [-0.39, 0.29) is 18.3 Å². The van der Waals surface area contributed by atoms with Gasteiger partial charge in [0.25, 0.3) is 5.91 Å². The number of benzene rings is 2. The standard InChI is InChI=1S/C14H12FNO2/c15-12-5-7-13(8-6-12)16-14(18)11-3-1-10(9-17)2-4-11/h1-8,17H,9H2,(H,16,18). The molecule has 2 N–H and O–H groups in total. The lowest BCUT2D eigenvalue weighted by Gasteiger charge is -2.05. The van der Waals surface area contributed by atoms with Crippen molar-refractivity contribution in [2.45, 2.75) is 6.61 Å². The first kappa shape index (κ1) is 12.3. The van der Waals surface area contributed by atoms with Gasteiger partial charge in [0.1, 0.15) is 5.82 Å². The molecule has 92 valence electrons. The molecule has 0 radical (unpaired) electrons. The highest BCUT2D eigenvalue weighted by Gasteiger charge is 2.05. The molecule has 0 aliphatic heterocycles. The van der Waals surface area contributed by atoms with E-state index < -0.39 is 0 Å². The van der Waals surface area contributed by atoms with Gasteiger partial charge in [-0.25, -0.2) is 4.39 Å². The number of carbonyl (C=O) groups is 1. The van der Waals surface area contributed by atoms with Crippen LogP contribution in [-0.2, 0) is 6.61 Å². The summed E-state index contributed by atoms with van der Waals surface area (Å²) in [5, 5.41) is 11.5. The third-order valence-corrected chi connectivity index (χ3v) is 2.50. The Morgan fingerprint density at radius 3 is 2.22 bits per heavy atom. The van der Waals surface area contributed by atoms with Gasteiger partial charge in [-0.3, -0.25) is 4.79 Å². The topological polar surface area (TPSA) is 49.3 Å². The molecule has 1 amide bonds. The number of rotatable bonds is 3. The maximum absolute atomic E-state index is 12.7. The van der Waals surface area contributed by atoms with Gasteiger partial charge in [-0.2, -0.15) is 0 Å². The van der Waals surface area contributed by atoms with Crippen molar-refractivity contribution >= 4 is 11.6 Å². The van der Waals surface area contributed by atoms with E-state index in [4.69, 9.17) is 5.11 Å². The monoisotopic (exact) mass is 245 g/mol. The van der Waals surface area contributed by atoms with Crippen molar-refractivity contribution in [2.75, 3.05) is 5.32 Å². The Morgan fingerprint density at radius 1 is 1.06 bits per heavy atom. The molecule has 0 fully saturated rings. The Kier molecular flexibility index (Phi) is 3.69. The van der Waals surface area contributed by atoms with Crippen LogP contribution in [-0.4, -0.2) is 11.0 Å². The summed E-state index contributed by atoms with van der Waals surface area (Å²) < 4.78 is 12.7. The average Bonchev–Trinajstić information content (AvgIpc) is 2.41. The van der Waals surface area contributed by atoms with Crippen molar-refractivity contribution in [1.29, 1.82) is 0 Å². The summed E-state index contributed by atoms with van der Waals surface area (Å²) >= 11 is 0. The third kappa shape index (κ3) is 2.93. The van der Waals surface area contributed by atoms with Crippen LogP contribution in [0.4, 0.5) is 10.1 Å². The SMILES string of the molecule is O=C(Nc1ccc(F)cc1)c1ccc(CO)cc1. The van der Waals surface area contributed by atoms with Gasteiger partial charge in [0, 0.05) is 11.3 Å². The van der Waals surface area contributed by atoms with Crippen molar-refractivity contribution in [3.05, 3.63) is 65.5 Å². The van der Waals surface area contributed by atoms with Gasteiger partial charge >= 0.3 is 0 Å². The van der Waals surface area contributed by atoms with Gasteiger partial charge in [0.15, 0.2) is 0 Å². The van der Waals surface area contributed by atoms with Crippen LogP contribution in [0.2, 0.25) is 0 Å². The third-order valence-electron chi connectivity index (χ3n) is 2.50. The highest BCUT2D eigenvalue weighted by Crippen LogP contribution is 2.11. The molecule has 3 nitrogen and oxygen atoms in total. The van der Waals surface area contributed by atoms with Crippen molar-refractivity contribution in [3.8, 4) is 0 Å². The smallest absolute Gasteiger partial charge is 0.255 e. The molecule has 4 heteroatoms. The van der Waals surface area contributed by atoms with Crippen molar-refractivity contribution < 1.29 is 14.3 Å². The Balaban J connectivity index is 2.09. The van der Waals surface area contributed by atoms with Crippen molar-refractivity contribution in [2.24, 2.45) is 0 Å². The summed E-state index contributed by atoms with van der Waals surface area (Å²) in [7, 11) is 0. The number of aliphatic hydroxyl groups excluding tert-OH is 1. The predicted octanol–water partition coefficient (Wildman–Crippen LogP) is 2.57. The fourth-order valence-corrected chi connectivity index (χ4v) is 1.50. The van der Waals surface area contributed by atoms with Gasteiger partial charge in [-0.05, 0) is 42.0 Å². The van der Waals surface area contributed by atoms with Crippen LogP contribution in [0.1, 0.15) is 15.9 Å². The number of nitrogens with one attached hydrogen (secondary N) is 1. The normalized spacial score (nSPS) is 10.1. The second kappa shape index (κ2) is 5.42. The number of aliphatic hydroxyl groups is 1. The summed E-state index contributed by atoms with van der Waals surface area (Å²) in [5.41, 5.74) is 1.76. The number of carbonyl (C=O) groups excluding carboxylic acids is 1.